The molecular formula is C10H17NO. The molecule has 68 valence electrons. The molecule has 0 rings (SSSR count). The van der Waals surface area contributed by atoms with E-state index in [-0.39, 0.29) is 11.8 Å². The molecule has 0 saturated heterocycles. The van der Waals surface area contributed by atoms with Gasteiger partial charge in [-0.2, -0.15) is 0 Å². The number of hydrogen-bond donors (Lipinski definition) is 1. The van der Waals surface area contributed by atoms with Crippen molar-refractivity contribution in [1.82, 2.24) is 5.32 Å². The Balaban J connectivity index is 3.70. The monoisotopic (exact) mass is 167 g/mol. The van der Waals surface area contributed by atoms with Crippen LogP contribution in [0.25, 0.3) is 0 Å². The van der Waals surface area contributed by atoms with Gasteiger partial charge in [0.2, 0.25) is 5.91 Å². The SMILES string of the molecule is C#CCNC(=O)C(C)CC(C)C. The highest BCUT2D eigenvalue weighted by Gasteiger charge is 2.12. The molecule has 1 N–H and O–H groups in total. The fourth-order valence-electron chi connectivity index (χ4n) is 1.13. The topological polar surface area (TPSA) is 29.1 Å². The molecule has 12 heavy (non-hydrogen) atoms. The summed E-state index contributed by atoms with van der Waals surface area (Å²) in [7, 11) is 0. The third-order valence-corrected chi connectivity index (χ3v) is 1.64. The maximum Gasteiger partial charge on any atom is 0.223 e. The Bertz CT molecular complexity index is 179. The third kappa shape index (κ3) is 4.79. The molecule has 0 aliphatic carbocycles. The number of carbonyl (C=O) groups excluding carboxylic acids is 1. The normalized spacial score (nSPS) is 12.2. The molecule has 0 bridgehead atoms. The molecule has 0 spiro atoms. The summed E-state index contributed by atoms with van der Waals surface area (Å²) in [5, 5.41) is 2.66. The fraction of sp³-hybridized carbons (Fsp3) is 0.700. The van der Waals surface area contributed by atoms with E-state index < -0.39 is 0 Å². The zero-order chi connectivity index (χ0) is 9.56. The van der Waals surface area contributed by atoms with Crippen molar-refractivity contribution in [3.63, 3.8) is 0 Å². The molecule has 2 nitrogen and oxygen atoms in total. The van der Waals surface area contributed by atoms with E-state index in [1.165, 1.54) is 0 Å². The third-order valence-electron chi connectivity index (χ3n) is 1.64. The average Bonchev–Trinajstić information content (AvgIpc) is 1.98. The highest BCUT2D eigenvalue weighted by molar-refractivity contribution is 5.78. The summed E-state index contributed by atoms with van der Waals surface area (Å²) in [5.41, 5.74) is 0. The van der Waals surface area contributed by atoms with Gasteiger partial charge in [0.1, 0.15) is 0 Å². The number of rotatable bonds is 4. The van der Waals surface area contributed by atoms with Crippen LogP contribution in [0.3, 0.4) is 0 Å². The van der Waals surface area contributed by atoms with Crippen molar-refractivity contribution < 1.29 is 4.79 Å². The molecular weight excluding hydrogens is 150 g/mol. The van der Waals surface area contributed by atoms with Crippen molar-refractivity contribution in [3.8, 4) is 12.3 Å². The van der Waals surface area contributed by atoms with Crippen molar-refractivity contribution in [2.45, 2.75) is 27.2 Å². The zero-order valence-electron chi connectivity index (χ0n) is 8.05. The summed E-state index contributed by atoms with van der Waals surface area (Å²) in [6, 6.07) is 0. The van der Waals surface area contributed by atoms with E-state index in [9.17, 15) is 4.79 Å². The van der Waals surface area contributed by atoms with Crippen LogP contribution in [0.2, 0.25) is 0 Å². The van der Waals surface area contributed by atoms with Gasteiger partial charge in [0, 0.05) is 5.92 Å². The van der Waals surface area contributed by atoms with E-state index in [0.29, 0.717) is 12.5 Å². The highest BCUT2D eigenvalue weighted by Crippen LogP contribution is 2.10. The first kappa shape index (κ1) is 11.0. The standard InChI is InChI=1S/C10H17NO/c1-5-6-11-10(12)9(4)7-8(2)3/h1,8-9H,6-7H2,2-4H3,(H,11,12). The Labute approximate surface area is 74.7 Å². The Morgan fingerprint density at radius 3 is 2.50 bits per heavy atom. The van der Waals surface area contributed by atoms with E-state index >= 15 is 0 Å². The van der Waals surface area contributed by atoms with Gasteiger partial charge in [0.25, 0.3) is 0 Å². The van der Waals surface area contributed by atoms with Gasteiger partial charge in [-0.1, -0.05) is 26.7 Å². The van der Waals surface area contributed by atoms with E-state index in [1.54, 1.807) is 0 Å². The van der Waals surface area contributed by atoms with Crippen molar-refractivity contribution >= 4 is 5.91 Å². The predicted molar refractivity (Wildman–Crippen MR) is 50.5 cm³/mol. The van der Waals surface area contributed by atoms with Gasteiger partial charge in [-0.05, 0) is 12.3 Å². The second kappa shape index (κ2) is 5.65. The first-order valence-corrected chi connectivity index (χ1v) is 4.29. The second-order valence-corrected chi connectivity index (χ2v) is 3.45. The van der Waals surface area contributed by atoms with Crippen molar-refractivity contribution in [1.29, 1.82) is 0 Å². The van der Waals surface area contributed by atoms with Gasteiger partial charge in [-0.25, -0.2) is 0 Å². The molecule has 0 heterocycles. The minimum absolute atomic E-state index is 0.0571. The average molecular weight is 167 g/mol. The summed E-state index contributed by atoms with van der Waals surface area (Å²) in [5.74, 6) is 3.05. The molecule has 0 fully saturated rings. The first-order chi connectivity index (χ1) is 5.57. The molecule has 2 heteroatoms. The number of carbonyl (C=O) groups is 1. The highest BCUT2D eigenvalue weighted by atomic mass is 16.1. The van der Waals surface area contributed by atoms with Crippen LogP contribution >= 0.6 is 0 Å². The molecule has 0 aromatic rings. The lowest BCUT2D eigenvalue weighted by Gasteiger charge is -2.12. The van der Waals surface area contributed by atoms with Crippen LogP contribution in [-0.4, -0.2) is 12.5 Å². The number of amides is 1. The van der Waals surface area contributed by atoms with Gasteiger partial charge in [0.05, 0.1) is 6.54 Å². The van der Waals surface area contributed by atoms with E-state index in [2.05, 4.69) is 25.1 Å². The zero-order valence-corrected chi connectivity index (χ0v) is 8.05. The van der Waals surface area contributed by atoms with Crippen molar-refractivity contribution in [3.05, 3.63) is 0 Å². The Morgan fingerprint density at radius 2 is 2.08 bits per heavy atom. The lowest BCUT2D eigenvalue weighted by atomic mass is 9.98. The summed E-state index contributed by atoms with van der Waals surface area (Å²) < 4.78 is 0. The van der Waals surface area contributed by atoms with E-state index in [0.717, 1.165) is 6.42 Å². The van der Waals surface area contributed by atoms with Crippen LogP contribution in [-0.2, 0) is 4.79 Å². The predicted octanol–water partition coefficient (Wildman–Crippen LogP) is 1.42. The summed E-state index contributed by atoms with van der Waals surface area (Å²) in [6.07, 6.45) is 5.93. The van der Waals surface area contributed by atoms with Crippen LogP contribution in [0.1, 0.15) is 27.2 Å². The van der Waals surface area contributed by atoms with E-state index in [1.807, 2.05) is 6.92 Å². The van der Waals surface area contributed by atoms with Crippen LogP contribution in [0.5, 0.6) is 0 Å². The Morgan fingerprint density at radius 1 is 1.50 bits per heavy atom. The number of terminal acetylenes is 1. The van der Waals surface area contributed by atoms with E-state index in [4.69, 9.17) is 6.42 Å². The molecule has 0 aromatic heterocycles. The molecule has 0 saturated carbocycles. The van der Waals surface area contributed by atoms with Crippen LogP contribution in [0.4, 0.5) is 0 Å². The molecule has 0 radical (unpaired) electrons. The molecule has 1 unspecified atom stereocenters. The number of hydrogen-bond acceptors (Lipinski definition) is 1. The minimum Gasteiger partial charge on any atom is -0.345 e. The van der Waals surface area contributed by atoms with Crippen LogP contribution in [0, 0.1) is 24.2 Å². The minimum atomic E-state index is 0.0571. The molecule has 1 atom stereocenters. The summed E-state index contributed by atoms with van der Waals surface area (Å²) in [6.45, 7) is 6.46. The summed E-state index contributed by atoms with van der Waals surface area (Å²) >= 11 is 0. The molecule has 1 amide bonds. The smallest absolute Gasteiger partial charge is 0.223 e. The van der Waals surface area contributed by atoms with Gasteiger partial charge in [-0.3, -0.25) is 4.79 Å². The Kier molecular flexibility index (Phi) is 5.19. The lowest BCUT2D eigenvalue weighted by Crippen LogP contribution is -2.30. The maximum absolute atomic E-state index is 11.2. The maximum atomic E-state index is 11.2. The molecule has 0 aromatic carbocycles. The van der Waals surface area contributed by atoms with Crippen molar-refractivity contribution in [2.24, 2.45) is 11.8 Å². The van der Waals surface area contributed by atoms with Gasteiger partial charge in [-0.15, -0.1) is 6.42 Å². The molecule has 0 aliphatic rings. The second-order valence-electron chi connectivity index (χ2n) is 3.45. The quantitative estimate of drug-likeness (QED) is 0.630. The van der Waals surface area contributed by atoms with Crippen molar-refractivity contribution in [2.75, 3.05) is 6.54 Å². The fourth-order valence-corrected chi connectivity index (χ4v) is 1.13. The number of nitrogens with one attached hydrogen (secondary N) is 1. The van der Waals surface area contributed by atoms with Crippen LogP contribution in [0.15, 0.2) is 0 Å². The van der Waals surface area contributed by atoms with Gasteiger partial charge >= 0.3 is 0 Å². The van der Waals surface area contributed by atoms with Gasteiger partial charge < -0.3 is 5.32 Å². The Hall–Kier alpha value is -0.970. The molecule has 0 aliphatic heterocycles. The summed E-state index contributed by atoms with van der Waals surface area (Å²) in [4.78, 5) is 11.2. The van der Waals surface area contributed by atoms with Gasteiger partial charge in [0.15, 0.2) is 0 Å². The first-order valence-electron chi connectivity index (χ1n) is 4.29. The largest absolute Gasteiger partial charge is 0.345 e. The lowest BCUT2D eigenvalue weighted by molar-refractivity contribution is -0.124. The van der Waals surface area contributed by atoms with Crippen LogP contribution < -0.4 is 5.32 Å².